The molecule has 0 radical (unpaired) electrons. The van der Waals surface area contributed by atoms with Gasteiger partial charge in [-0.1, -0.05) is 73.0 Å². The lowest BCUT2D eigenvalue weighted by atomic mass is 10.0. The van der Waals surface area contributed by atoms with Crippen LogP contribution in [0.2, 0.25) is 0 Å². The lowest BCUT2D eigenvalue weighted by Gasteiger charge is -2.05. The van der Waals surface area contributed by atoms with Gasteiger partial charge >= 0.3 is 0 Å². The summed E-state index contributed by atoms with van der Waals surface area (Å²) < 4.78 is 23.9. The van der Waals surface area contributed by atoms with Crippen LogP contribution in [0.5, 0.6) is 0 Å². The third-order valence-electron chi connectivity index (χ3n) is 3.08. The fourth-order valence-electron chi connectivity index (χ4n) is 1.74. The van der Waals surface area contributed by atoms with Crippen molar-refractivity contribution in [1.29, 1.82) is 0 Å². The van der Waals surface area contributed by atoms with E-state index in [1.54, 1.807) is 11.8 Å². The molecule has 2 rings (SSSR count). The minimum Gasteiger partial charge on any atom is -0.229 e. The minimum absolute atomic E-state index is 0.169. The second-order valence-corrected chi connectivity index (χ2v) is 11.3. The Labute approximate surface area is 150 Å². The van der Waals surface area contributed by atoms with Crippen LogP contribution in [0.15, 0.2) is 32.9 Å². The number of nitrogens with zero attached hydrogens (tertiary/aromatic N) is 2. The van der Waals surface area contributed by atoms with Gasteiger partial charge in [0.15, 0.2) is 8.68 Å². The molecule has 126 valence electrons. The lowest BCUT2D eigenvalue weighted by Crippen LogP contribution is -2.04. The monoisotopic (exact) mass is 388 g/mol. The zero-order valence-corrected chi connectivity index (χ0v) is 16.6. The van der Waals surface area contributed by atoms with E-state index in [1.165, 1.54) is 40.5 Å². The fraction of sp³-hybridized carbons (Fsp3) is 0.467. The SMILES string of the molecule is CC(C)c1ccc(CSc2nnc(SCCS(C)(=O)=O)s2)cc1. The maximum Gasteiger partial charge on any atom is 0.175 e. The Morgan fingerprint density at radius 3 is 2.26 bits per heavy atom. The van der Waals surface area contributed by atoms with Gasteiger partial charge < -0.3 is 0 Å². The first-order chi connectivity index (χ1) is 10.8. The molecule has 0 amide bonds. The minimum atomic E-state index is -2.91. The molecule has 4 nitrogen and oxygen atoms in total. The van der Waals surface area contributed by atoms with E-state index in [4.69, 9.17) is 0 Å². The van der Waals surface area contributed by atoms with Crippen molar-refractivity contribution in [1.82, 2.24) is 10.2 Å². The summed E-state index contributed by atoms with van der Waals surface area (Å²) in [5.74, 6) is 2.10. The molecular weight excluding hydrogens is 368 g/mol. The second-order valence-electron chi connectivity index (χ2n) is 5.50. The summed E-state index contributed by atoms with van der Waals surface area (Å²) in [5.41, 5.74) is 2.61. The standard InChI is InChI=1S/C15H20N2O2S4/c1-11(2)13-6-4-12(5-7-13)10-21-15-17-16-14(22-15)20-8-9-23(3,18)19/h4-7,11H,8-10H2,1-3H3. The highest BCUT2D eigenvalue weighted by atomic mass is 32.2. The van der Waals surface area contributed by atoms with Gasteiger partial charge in [-0.05, 0) is 17.0 Å². The molecule has 0 saturated carbocycles. The van der Waals surface area contributed by atoms with Crippen LogP contribution in [0, 0.1) is 0 Å². The molecule has 0 saturated heterocycles. The Balaban J connectivity index is 1.82. The van der Waals surface area contributed by atoms with Crippen molar-refractivity contribution in [3.05, 3.63) is 35.4 Å². The molecule has 0 fully saturated rings. The van der Waals surface area contributed by atoms with Gasteiger partial charge in [0.1, 0.15) is 9.84 Å². The van der Waals surface area contributed by atoms with E-state index >= 15 is 0 Å². The Bertz CT molecular complexity index is 724. The third kappa shape index (κ3) is 6.82. The van der Waals surface area contributed by atoms with E-state index in [2.05, 4.69) is 48.3 Å². The molecule has 1 aromatic heterocycles. The molecule has 0 aliphatic rings. The van der Waals surface area contributed by atoms with Crippen LogP contribution in [-0.2, 0) is 15.6 Å². The molecule has 0 atom stereocenters. The molecular formula is C15H20N2O2S4. The fourth-order valence-corrected chi connectivity index (χ4v) is 5.98. The zero-order chi connectivity index (χ0) is 16.9. The van der Waals surface area contributed by atoms with Crippen molar-refractivity contribution >= 4 is 44.7 Å². The van der Waals surface area contributed by atoms with E-state index in [0.717, 1.165) is 14.4 Å². The summed E-state index contributed by atoms with van der Waals surface area (Å²) in [4.78, 5) is 0. The smallest absolute Gasteiger partial charge is 0.175 e. The molecule has 8 heteroatoms. The number of rotatable bonds is 8. The van der Waals surface area contributed by atoms with Crippen LogP contribution in [0.1, 0.15) is 30.9 Å². The Morgan fingerprint density at radius 1 is 1.09 bits per heavy atom. The van der Waals surface area contributed by atoms with Crippen molar-refractivity contribution in [3.63, 3.8) is 0 Å². The average molecular weight is 389 g/mol. The van der Waals surface area contributed by atoms with Crippen LogP contribution < -0.4 is 0 Å². The number of thioether (sulfide) groups is 2. The molecule has 0 bridgehead atoms. The van der Waals surface area contributed by atoms with Crippen molar-refractivity contribution in [3.8, 4) is 0 Å². The first-order valence-electron chi connectivity index (χ1n) is 7.19. The van der Waals surface area contributed by atoms with Crippen molar-refractivity contribution in [2.45, 2.75) is 34.2 Å². The number of hydrogen-bond acceptors (Lipinski definition) is 7. The highest BCUT2D eigenvalue weighted by Crippen LogP contribution is 2.31. The van der Waals surface area contributed by atoms with Crippen molar-refractivity contribution < 1.29 is 8.42 Å². The van der Waals surface area contributed by atoms with Gasteiger partial charge in [0.2, 0.25) is 0 Å². The number of aromatic nitrogens is 2. The van der Waals surface area contributed by atoms with Gasteiger partial charge in [0.05, 0.1) is 5.75 Å². The summed E-state index contributed by atoms with van der Waals surface area (Å²) in [7, 11) is -2.91. The van der Waals surface area contributed by atoms with E-state index in [0.29, 0.717) is 11.7 Å². The molecule has 0 aliphatic heterocycles. The van der Waals surface area contributed by atoms with Crippen LogP contribution in [-0.4, -0.2) is 36.4 Å². The van der Waals surface area contributed by atoms with Gasteiger partial charge in [-0.15, -0.1) is 10.2 Å². The van der Waals surface area contributed by atoms with Gasteiger partial charge in [-0.25, -0.2) is 8.42 Å². The second kappa shape index (κ2) is 8.50. The van der Waals surface area contributed by atoms with Crippen molar-refractivity contribution in [2.24, 2.45) is 0 Å². The maximum atomic E-state index is 11.1. The van der Waals surface area contributed by atoms with E-state index in [-0.39, 0.29) is 5.75 Å². The molecule has 1 heterocycles. The van der Waals surface area contributed by atoms with Gasteiger partial charge in [-0.2, -0.15) is 0 Å². The Morgan fingerprint density at radius 2 is 1.70 bits per heavy atom. The first kappa shape index (κ1) is 18.8. The maximum absolute atomic E-state index is 11.1. The van der Waals surface area contributed by atoms with Crippen LogP contribution in [0.25, 0.3) is 0 Å². The summed E-state index contributed by atoms with van der Waals surface area (Å²) in [6, 6.07) is 8.66. The molecule has 1 aromatic carbocycles. The highest BCUT2D eigenvalue weighted by molar-refractivity contribution is 8.03. The van der Waals surface area contributed by atoms with E-state index in [9.17, 15) is 8.42 Å². The predicted molar refractivity (Wildman–Crippen MR) is 100 cm³/mol. The summed E-state index contributed by atoms with van der Waals surface area (Å²) >= 11 is 4.63. The van der Waals surface area contributed by atoms with Gasteiger partial charge in [0, 0.05) is 17.8 Å². The van der Waals surface area contributed by atoms with Gasteiger partial charge in [0.25, 0.3) is 0 Å². The number of sulfone groups is 1. The first-order valence-corrected chi connectivity index (χ1v) is 12.0. The topological polar surface area (TPSA) is 59.9 Å². The Hall–Kier alpha value is -0.570. The van der Waals surface area contributed by atoms with Crippen LogP contribution in [0.3, 0.4) is 0 Å². The highest BCUT2D eigenvalue weighted by Gasteiger charge is 2.08. The lowest BCUT2D eigenvalue weighted by molar-refractivity contribution is 0.603. The van der Waals surface area contributed by atoms with E-state index < -0.39 is 9.84 Å². The van der Waals surface area contributed by atoms with Crippen LogP contribution >= 0.6 is 34.9 Å². The average Bonchev–Trinajstić information content (AvgIpc) is 2.92. The molecule has 2 aromatic rings. The molecule has 0 spiro atoms. The molecule has 23 heavy (non-hydrogen) atoms. The van der Waals surface area contributed by atoms with Gasteiger partial charge in [-0.3, -0.25) is 0 Å². The predicted octanol–water partition coefficient (Wildman–Crippen LogP) is 4.09. The normalized spacial score (nSPS) is 12.0. The summed E-state index contributed by atoms with van der Waals surface area (Å²) in [6.07, 6.45) is 1.25. The van der Waals surface area contributed by atoms with E-state index in [1.807, 2.05) is 0 Å². The molecule has 0 aliphatic carbocycles. The summed E-state index contributed by atoms with van der Waals surface area (Å²) in [6.45, 7) is 4.38. The molecule has 0 unspecified atom stereocenters. The third-order valence-corrected chi connectivity index (χ3v) is 7.54. The largest absolute Gasteiger partial charge is 0.229 e. The summed E-state index contributed by atoms with van der Waals surface area (Å²) in [5, 5.41) is 8.25. The number of benzene rings is 1. The van der Waals surface area contributed by atoms with Crippen LogP contribution in [0.4, 0.5) is 0 Å². The zero-order valence-electron chi connectivity index (χ0n) is 13.4. The molecule has 0 N–H and O–H groups in total. The Kier molecular flexibility index (Phi) is 6.94. The van der Waals surface area contributed by atoms with Crippen molar-refractivity contribution in [2.75, 3.05) is 17.8 Å². The quantitative estimate of drug-likeness (QED) is 0.635. The number of hydrogen-bond donors (Lipinski definition) is 0.